The monoisotopic (exact) mass is 286 g/mol. The van der Waals surface area contributed by atoms with E-state index in [0.29, 0.717) is 6.54 Å². The first kappa shape index (κ1) is 13.3. The number of hydrogen-bond acceptors (Lipinski definition) is 4. The third-order valence-corrected chi connectivity index (χ3v) is 3.99. The molecule has 5 heteroatoms. The van der Waals surface area contributed by atoms with E-state index in [2.05, 4.69) is 44.7 Å². The molecule has 3 rings (SSSR count). The van der Waals surface area contributed by atoms with Crippen LogP contribution in [0, 0.1) is 0 Å². The van der Waals surface area contributed by atoms with E-state index in [1.807, 2.05) is 17.6 Å². The summed E-state index contributed by atoms with van der Waals surface area (Å²) in [6.45, 7) is 3.28. The molecule has 2 aromatic heterocycles. The zero-order valence-electron chi connectivity index (χ0n) is 11.3. The maximum absolute atomic E-state index is 5.73. The van der Waals surface area contributed by atoms with Crippen molar-refractivity contribution in [2.75, 3.05) is 13.1 Å². The summed E-state index contributed by atoms with van der Waals surface area (Å²) in [5.41, 5.74) is 8.13. The van der Waals surface area contributed by atoms with Crippen LogP contribution in [0.4, 0.5) is 0 Å². The predicted octanol–water partition coefficient (Wildman–Crippen LogP) is 2.36. The van der Waals surface area contributed by atoms with Crippen LogP contribution in [0.2, 0.25) is 0 Å². The number of nitrogens with zero attached hydrogens (tertiary/aromatic N) is 3. The van der Waals surface area contributed by atoms with E-state index in [4.69, 9.17) is 5.73 Å². The SMILES string of the molecule is NCCN(Cc1ccccc1)Cc1cn2ccsc2n1. The van der Waals surface area contributed by atoms with Gasteiger partial charge in [-0.1, -0.05) is 30.3 Å². The minimum absolute atomic E-state index is 0.662. The highest BCUT2D eigenvalue weighted by Crippen LogP contribution is 2.14. The summed E-state index contributed by atoms with van der Waals surface area (Å²) >= 11 is 1.66. The number of aromatic nitrogens is 2. The quantitative estimate of drug-likeness (QED) is 0.756. The average molecular weight is 286 g/mol. The van der Waals surface area contributed by atoms with Gasteiger partial charge in [0.05, 0.1) is 5.69 Å². The van der Waals surface area contributed by atoms with Crippen LogP contribution in [0.1, 0.15) is 11.3 Å². The van der Waals surface area contributed by atoms with E-state index in [1.54, 1.807) is 11.3 Å². The van der Waals surface area contributed by atoms with Crippen molar-refractivity contribution in [2.24, 2.45) is 5.73 Å². The highest BCUT2D eigenvalue weighted by molar-refractivity contribution is 7.15. The first-order valence-corrected chi connectivity index (χ1v) is 7.60. The first-order valence-electron chi connectivity index (χ1n) is 6.72. The second kappa shape index (κ2) is 6.17. The lowest BCUT2D eigenvalue weighted by atomic mass is 10.2. The Balaban J connectivity index is 1.72. The van der Waals surface area contributed by atoms with Gasteiger partial charge in [0.1, 0.15) is 0 Å². The smallest absolute Gasteiger partial charge is 0.193 e. The molecule has 4 nitrogen and oxygen atoms in total. The Hall–Kier alpha value is -1.69. The number of hydrogen-bond donors (Lipinski definition) is 1. The zero-order chi connectivity index (χ0) is 13.8. The standard InChI is InChI=1S/C15H18N4S/c16-6-7-18(10-13-4-2-1-3-5-13)11-14-12-19-8-9-20-15(19)17-14/h1-5,8-9,12H,6-7,10-11,16H2. The molecule has 0 saturated carbocycles. The second-order valence-electron chi connectivity index (χ2n) is 4.81. The molecule has 0 radical (unpaired) electrons. The largest absolute Gasteiger partial charge is 0.329 e. The van der Waals surface area contributed by atoms with Gasteiger partial charge in [0.25, 0.3) is 0 Å². The van der Waals surface area contributed by atoms with Crippen LogP contribution in [-0.2, 0) is 13.1 Å². The maximum atomic E-state index is 5.73. The van der Waals surface area contributed by atoms with Crippen molar-refractivity contribution in [3.8, 4) is 0 Å². The lowest BCUT2D eigenvalue weighted by Crippen LogP contribution is -2.28. The molecule has 0 aliphatic heterocycles. The fourth-order valence-corrected chi connectivity index (χ4v) is 3.04. The molecule has 3 aromatic rings. The van der Waals surface area contributed by atoms with E-state index in [0.717, 1.165) is 30.3 Å². The number of fused-ring (bicyclic) bond motifs is 1. The predicted molar refractivity (Wildman–Crippen MR) is 82.7 cm³/mol. The van der Waals surface area contributed by atoms with Crippen LogP contribution in [0.5, 0.6) is 0 Å². The summed E-state index contributed by atoms with van der Waals surface area (Å²) in [5.74, 6) is 0. The summed E-state index contributed by atoms with van der Waals surface area (Å²) in [4.78, 5) is 8.02. The molecular weight excluding hydrogens is 268 g/mol. The van der Waals surface area contributed by atoms with E-state index in [1.165, 1.54) is 5.56 Å². The molecule has 0 aliphatic rings. The minimum atomic E-state index is 0.662. The number of rotatable bonds is 6. The van der Waals surface area contributed by atoms with Crippen LogP contribution in [0.25, 0.3) is 4.96 Å². The molecule has 2 N–H and O–H groups in total. The number of imidazole rings is 1. The molecule has 0 spiro atoms. The van der Waals surface area contributed by atoms with Gasteiger partial charge in [-0.25, -0.2) is 4.98 Å². The fourth-order valence-electron chi connectivity index (χ4n) is 2.32. The van der Waals surface area contributed by atoms with Crippen LogP contribution >= 0.6 is 11.3 Å². The number of thiazole rings is 1. The molecule has 104 valence electrons. The van der Waals surface area contributed by atoms with Gasteiger partial charge in [0.15, 0.2) is 4.96 Å². The molecule has 2 heterocycles. The van der Waals surface area contributed by atoms with E-state index >= 15 is 0 Å². The molecule has 20 heavy (non-hydrogen) atoms. The lowest BCUT2D eigenvalue weighted by molar-refractivity contribution is 0.261. The highest BCUT2D eigenvalue weighted by atomic mass is 32.1. The molecule has 0 atom stereocenters. The molecule has 0 bridgehead atoms. The second-order valence-corrected chi connectivity index (χ2v) is 5.68. The van der Waals surface area contributed by atoms with E-state index < -0.39 is 0 Å². The van der Waals surface area contributed by atoms with Crippen LogP contribution < -0.4 is 5.73 Å². The van der Waals surface area contributed by atoms with Crippen LogP contribution in [0.3, 0.4) is 0 Å². The average Bonchev–Trinajstić information content (AvgIpc) is 3.01. The molecule has 0 unspecified atom stereocenters. The normalized spacial score (nSPS) is 11.5. The van der Waals surface area contributed by atoms with Gasteiger partial charge < -0.3 is 5.73 Å². The Morgan fingerprint density at radius 3 is 2.80 bits per heavy atom. The van der Waals surface area contributed by atoms with Crippen molar-refractivity contribution in [2.45, 2.75) is 13.1 Å². The highest BCUT2D eigenvalue weighted by Gasteiger charge is 2.09. The van der Waals surface area contributed by atoms with Gasteiger partial charge in [-0.05, 0) is 5.56 Å². The summed E-state index contributed by atoms with van der Waals surface area (Å²) in [6, 6.07) is 10.5. The summed E-state index contributed by atoms with van der Waals surface area (Å²) < 4.78 is 2.07. The van der Waals surface area contributed by atoms with Gasteiger partial charge in [-0.15, -0.1) is 11.3 Å². The van der Waals surface area contributed by atoms with Gasteiger partial charge in [0.2, 0.25) is 0 Å². The summed E-state index contributed by atoms with van der Waals surface area (Å²) in [5, 5.41) is 2.05. The molecule has 0 aliphatic carbocycles. The Bertz CT molecular complexity index is 630. The molecule has 0 amide bonds. The van der Waals surface area contributed by atoms with Crippen LogP contribution in [0.15, 0.2) is 48.1 Å². The van der Waals surface area contributed by atoms with Gasteiger partial charge in [0, 0.05) is 44.0 Å². The Kier molecular flexibility index (Phi) is 4.11. The van der Waals surface area contributed by atoms with E-state index in [-0.39, 0.29) is 0 Å². The van der Waals surface area contributed by atoms with Gasteiger partial charge in [-0.3, -0.25) is 9.30 Å². The molecule has 0 saturated heterocycles. The van der Waals surface area contributed by atoms with Crippen molar-refractivity contribution >= 4 is 16.3 Å². The molecule has 0 fully saturated rings. The van der Waals surface area contributed by atoms with Crippen LogP contribution in [-0.4, -0.2) is 27.4 Å². The van der Waals surface area contributed by atoms with Crippen molar-refractivity contribution in [1.82, 2.24) is 14.3 Å². The molecule has 1 aromatic carbocycles. The summed E-state index contributed by atoms with van der Waals surface area (Å²) in [6.07, 6.45) is 4.14. The Morgan fingerprint density at radius 1 is 1.20 bits per heavy atom. The lowest BCUT2D eigenvalue weighted by Gasteiger charge is -2.20. The zero-order valence-corrected chi connectivity index (χ0v) is 12.1. The van der Waals surface area contributed by atoms with Crippen molar-refractivity contribution in [3.63, 3.8) is 0 Å². The van der Waals surface area contributed by atoms with Crippen molar-refractivity contribution < 1.29 is 0 Å². The minimum Gasteiger partial charge on any atom is -0.329 e. The van der Waals surface area contributed by atoms with Gasteiger partial charge in [-0.2, -0.15) is 0 Å². The number of benzene rings is 1. The Morgan fingerprint density at radius 2 is 2.05 bits per heavy atom. The van der Waals surface area contributed by atoms with Crippen molar-refractivity contribution in [1.29, 1.82) is 0 Å². The van der Waals surface area contributed by atoms with E-state index in [9.17, 15) is 0 Å². The third-order valence-electron chi connectivity index (χ3n) is 3.22. The topological polar surface area (TPSA) is 46.6 Å². The van der Waals surface area contributed by atoms with Crippen molar-refractivity contribution in [3.05, 3.63) is 59.4 Å². The summed E-state index contributed by atoms with van der Waals surface area (Å²) in [7, 11) is 0. The first-order chi connectivity index (χ1) is 9.85. The number of nitrogens with two attached hydrogens (primary N) is 1. The third kappa shape index (κ3) is 3.07. The van der Waals surface area contributed by atoms with Gasteiger partial charge >= 0.3 is 0 Å². The Labute approximate surface area is 122 Å². The fraction of sp³-hybridized carbons (Fsp3) is 0.267. The maximum Gasteiger partial charge on any atom is 0.193 e. The molecular formula is C15H18N4S.